The number of carbonyl (C=O) groups is 1. The average molecular weight is 291 g/mol. The van der Waals surface area contributed by atoms with E-state index >= 15 is 0 Å². The third kappa shape index (κ3) is 4.41. The van der Waals surface area contributed by atoms with Crippen LogP contribution in [0.1, 0.15) is 12.5 Å². The molecular weight excluding hydrogens is 275 g/mol. The van der Waals surface area contributed by atoms with E-state index in [0.717, 1.165) is 6.07 Å². The summed E-state index contributed by atoms with van der Waals surface area (Å²) < 4.78 is 43.2. The number of rotatable bonds is 6. The highest BCUT2D eigenvalue weighted by Gasteiger charge is 2.34. The number of alkyl halides is 3. The molecule has 0 aromatic heterocycles. The summed E-state index contributed by atoms with van der Waals surface area (Å²) in [6, 6.07) is 4.20. The maximum absolute atomic E-state index is 12.7. The highest BCUT2D eigenvalue weighted by Crippen LogP contribution is 2.35. The predicted octanol–water partition coefficient (Wildman–Crippen LogP) is 2.49. The lowest BCUT2D eigenvalue weighted by Gasteiger charge is -2.21. The fourth-order valence-corrected chi connectivity index (χ4v) is 1.51. The van der Waals surface area contributed by atoms with Gasteiger partial charge in [-0.25, -0.2) is 0 Å². The number of ether oxygens (including phenoxy) is 1. The SMILES string of the molecule is CC(C(=O)O)N(C)CCOc1ccccc1C(F)(F)F. The Bertz CT molecular complexity index is 462. The van der Waals surface area contributed by atoms with E-state index in [4.69, 9.17) is 9.84 Å². The van der Waals surface area contributed by atoms with Crippen molar-refractivity contribution >= 4 is 5.97 Å². The van der Waals surface area contributed by atoms with Crippen molar-refractivity contribution in [2.75, 3.05) is 20.2 Å². The number of carboxylic acids is 1. The van der Waals surface area contributed by atoms with Crippen LogP contribution in [0.3, 0.4) is 0 Å². The van der Waals surface area contributed by atoms with Crippen molar-refractivity contribution in [3.8, 4) is 5.75 Å². The minimum Gasteiger partial charge on any atom is -0.492 e. The van der Waals surface area contributed by atoms with Gasteiger partial charge in [0, 0.05) is 6.54 Å². The molecule has 1 rings (SSSR count). The van der Waals surface area contributed by atoms with Crippen LogP contribution >= 0.6 is 0 Å². The maximum atomic E-state index is 12.7. The van der Waals surface area contributed by atoms with Gasteiger partial charge in [0.2, 0.25) is 0 Å². The van der Waals surface area contributed by atoms with Crippen molar-refractivity contribution in [3.05, 3.63) is 29.8 Å². The number of hydrogen-bond acceptors (Lipinski definition) is 3. The molecule has 1 unspecified atom stereocenters. The second-order valence-corrected chi connectivity index (χ2v) is 4.34. The number of nitrogens with zero attached hydrogens (tertiary/aromatic N) is 1. The smallest absolute Gasteiger partial charge is 0.419 e. The number of benzene rings is 1. The molecule has 0 aliphatic carbocycles. The predicted molar refractivity (Wildman–Crippen MR) is 66.7 cm³/mol. The number of likely N-dealkylation sites (N-methyl/N-ethyl adjacent to an activating group) is 1. The Balaban J connectivity index is 2.61. The van der Waals surface area contributed by atoms with Gasteiger partial charge in [-0.3, -0.25) is 9.69 Å². The molecule has 0 amide bonds. The minimum atomic E-state index is -4.48. The second-order valence-electron chi connectivity index (χ2n) is 4.34. The lowest BCUT2D eigenvalue weighted by Crippen LogP contribution is -2.38. The van der Waals surface area contributed by atoms with Crippen LogP contribution in [0.2, 0.25) is 0 Å². The van der Waals surface area contributed by atoms with E-state index in [2.05, 4.69) is 0 Å². The Morgan fingerprint density at radius 2 is 2.00 bits per heavy atom. The molecule has 0 fully saturated rings. The van der Waals surface area contributed by atoms with E-state index in [1.54, 1.807) is 7.05 Å². The molecule has 1 atom stereocenters. The summed E-state index contributed by atoms with van der Waals surface area (Å²) in [4.78, 5) is 12.2. The maximum Gasteiger partial charge on any atom is 0.419 e. The average Bonchev–Trinajstić information content (AvgIpc) is 2.37. The zero-order chi connectivity index (χ0) is 15.3. The third-order valence-corrected chi connectivity index (χ3v) is 2.91. The molecule has 0 radical (unpaired) electrons. The highest BCUT2D eigenvalue weighted by atomic mass is 19.4. The summed E-state index contributed by atoms with van der Waals surface area (Å²) in [7, 11) is 1.57. The summed E-state index contributed by atoms with van der Waals surface area (Å²) >= 11 is 0. The lowest BCUT2D eigenvalue weighted by molar-refractivity contribution is -0.142. The largest absolute Gasteiger partial charge is 0.492 e. The van der Waals surface area contributed by atoms with Crippen LogP contribution in [-0.2, 0) is 11.0 Å². The van der Waals surface area contributed by atoms with Gasteiger partial charge in [-0.05, 0) is 26.1 Å². The molecule has 0 spiro atoms. The Kier molecular flexibility index (Phi) is 5.38. The van der Waals surface area contributed by atoms with Gasteiger partial charge in [-0.1, -0.05) is 12.1 Å². The summed E-state index contributed by atoms with van der Waals surface area (Å²) in [6.45, 7) is 1.67. The molecule has 0 saturated heterocycles. The summed E-state index contributed by atoms with van der Waals surface area (Å²) in [6.07, 6.45) is -4.48. The van der Waals surface area contributed by atoms with E-state index in [9.17, 15) is 18.0 Å². The van der Waals surface area contributed by atoms with E-state index in [1.807, 2.05) is 0 Å². The molecule has 1 aromatic rings. The molecule has 20 heavy (non-hydrogen) atoms. The van der Waals surface area contributed by atoms with Gasteiger partial charge in [-0.15, -0.1) is 0 Å². The minimum absolute atomic E-state index is 0.0266. The number of aliphatic carboxylic acids is 1. The van der Waals surface area contributed by atoms with Gasteiger partial charge in [0.05, 0.1) is 5.56 Å². The molecule has 0 bridgehead atoms. The first-order valence-corrected chi connectivity index (χ1v) is 5.95. The Morgan fingerprint density at radius 1 is 1.40 bits per heavy atom. The van der Waals surface area contributed by atoms with Crippen LogP contribution in [0.15, 0.2) is 24.3 Å². The molecule has 1 N–H and O–H groups in total. The molecule has 0 saturated carbocycles. The van der Waals surface area contributed by atoms with Gasteiger partial charge in [0.25, 0.3) is 0 Å². The van der Waals surface area contributed by atoms with Gasteiger partial charge in [-0.2, -0.15) is 13.2 Å². The number of hydrogen-bond donors (Lipinski definition) is 1. The van der Waals surface area contributed by atoms with Crippen LogP contribution in [-0.4, -0.2) is 42.2 Å². The van der Waals surface area contributed by atoms with Gasteiger partial charge in [0.1, 0.15) is 18.4 Å². The monoisotopic (exact) mass is 291 g/mol. The van der Waals surface area contributed by atoms with Crippen LogP contribution in [0, 0.1) is 0 Å². The normalized spacial score (nSPS) is 13.3. The zero-order valence-electron chi connectivity index (χ0n) is 11.1. The molecule has 4 nitrogen and oxygen atoms in total. The summed E-state index contributed by atoms with van der Waals surface area (Å²) in [5.74, 6) is -1.25. The highest BCUT2D eigenvalue weighted by molar-refractivity contribution is 5.72. The molecule has 0 aliphatic heterocycles. The molecule has 112 valence electrons. The van der Waals surface area contributed by atoms with Crippen molar-refractivity contribution in [3.63, 3.8) is 0 Å². The van der Waals surface area contributed by atoms with E-state index < -0.39 is 23.8 Å². The van der Waals surface area contributed by atoms with Crippen molar-refractivity contribution in [2.24, 2.45) is 0 Å². The number of para-hydroxylation sites is 1. The van der Waals surface area contributed by atoms with Crippen LogP contribution in [0.25, 0.3) is 0 Å². The van der Waals surface area contributed by atoms with Crippen molar-refractivity contribution < 1.29 is 27.8 Å². The fourth-order valence-electron chi connectivity index (χ4n) is 1.51. The number of halogens is 3. The molecular formula is C13H16F3NO3. The summed E-state index contributed by atoms with van der Waals surface area (Å²) in [5, 5.41) is 8.79. The summed E-state index contributed by atoms with van der Waals surface area (Å²) in [5.41, 5.74) is -0.839. The van der Waals surface area contributed by atoms with E-state index in [1.165, 1.54) is 30.0 Å². The van der Waals surface area contributed by atoms with Crippen LogP contribution < -0.4 is 4.74 Å². The first-order valence-electron chi connectivity index (χ1n) is 5.95. The van der Waals surface area contributed by atoms with Gasteiger partial charge < -0.3 is 9.84 Å². The molecule has 0 heterocycles. The quantitative estimate of drug-likeness (QED) is 0.875. The zero-order valence-corrected chi connectivity index (χ0v) is 11.1. The van der Waals surface area contributed by atoms with Crippen molar-refractivity contribution in [1.82, 2.24) is 4.90 Å². The van der Waals surface area contributed by atoms with Crippen molar-refractivity contribution in [2.45, 2.75) is 19.1 Å². The third-order valence-electron chi connectivity index (χ3n) is 2.91. The number of carboxylic acid groups (broad SMARTS) is 1. The second kappa shape index (κ2) is 6.60. The Labute approximate surface area is 114 Å². The standard InChI is InChI=1S/C13H16F3NO3/c1-9(12(18)19)17(2)7-8-20-11-6-4-3-5-10(11)13(14,15)16/h3-6,9H,7-8H2,1-2H3,(H,18,19). The molecule has 0 aliphatic rings. The first-order chi connectivity index (χ1) is 9.23. The van der Waals surface area contributed by atoms with E-state index in [-0.39, 0.29) is 18.9 Å². The van der Waals surface area contributed by atoms with Gasteiger partial charge in [0.15, 0.2) is 0 Å². The fraction of sp³-hybridized carbons (Fsp3) is 0.462. The Hall–Kier alpha value is -1.76. The van der Waals surface area contributed by atoms with E-state index in [0.29, 0.717) is 0 Å². The van der Waals surface area contributed by atoms with Crippen molar-refractivity contribution in [1.29, 1.82) is 0 Å². The first kappa shape index (κ1) is 16.3. The van der Waals surface area contributed by atoms with Gasteiger partial charge >= 0.3 is 12.1 Å². The van der Waals surface area contributed by atoms with Crippen LogP contribution in [0.5, 0.6) is 5.75 Å². The lowest BCUT2D eigenvalue weighted by atomic mass is 10.2. The molecule has 1 aromatic carbocycles. The van der Waals surface area contributed by atoms with Crippen LogP contribution in [0.4, 0.5) is 13.2 Å². The topological polar surface area (TPSA) is 49.8 Å². The Morgan fingerprint density at radius 3 is 2.55 bits per heavy atom. The molecule has 7 heteroatoms.